The molecule has 0 spiro atoms. The smallest absolute Gasteiger partial charge is 0.224 e. The first-order valence-corrected chi connectivity index (χ1v) is 8.91. The van der Waals surface area contributed by atoms with Gasteiger partial charge in [-0.2, -0.15) is 0 Å². The van der Waals surface area contributed by atoms with Gasteiger partial charge in [0.05, 0.1) is 10.0 Å². The minimum Gasteiger partial charge on any atom is -0.352 e. The van der Waals surface area contributed by atoms with Gasteiger partial charge in [0.2, 0.25) is 5.91 Å². The Hall–Kier alpha value is -1.26. The van der Waals surface area contributed by atoms with Gasteiger partial charge in [0, 0.05) is 25.6 Å². The molecular weight excluding hydrogens is 379 g/mol. The predicted octanol–water partition coefficient (Wildman–Crippen LogP) is 4.44. The van der Waals surface area contributed by atoms with Crippen LogP contribution in [0.2, 0.25) is 10.0 Å². The van der Waals surface area contributed by atoms with Crippen LogP contribution in [0.1, 0.15) is 34.6 Å². The molecule has 1 amide bonds. The zero-order valence-corrected chi connectivity index (χ0v) is 15.8. The fraction of sp³-hybridized carbons (Fsp3) is 0.316. The summed E-state index contributed by atoms with van der Waals surface area (Å²) in [5.41, 5.74) is 4.93. The molecule has 2 aromatic carbocycles. The summed E-state index contributed by atoms with van der Waals surface area (Å²) in [6.07, 6.45) is 0.873. The predicted molar refractivity (Wildman–Crippen MR) is 103 cm³/mol. The molecule has 1 heterocycles. The summed E-state index contributed by atoms with van der Waals surface area (Å²) in [5, 5.41) is 7.49. The summed E-state index contributed by atoms with van der Waals surface area (Å²) in [6.45, 7) is 2.44. The second-order valence-electron chi connectivity index (χ2n) is 6.55. The van der Waals surface area contributed by atoms with Crippen molar-refractivity contribution in [2.75, 3.05) is 0 Å². The van der Waals surface area contributed by atoms with E-state index in [4.69, 9.17) is 23.2 Å². The first-order chi connectivity index (χ1) is 11.6. The molecule has 1 fully saturated rings. The summed E-state index contributed by atoms with van der Waals surface area (Å²) in [4.78, 5) is 12.4. The van der Waals surface area contributed by atoms with Crippen LogP contribution in [-0.4, -0.2) is 5.91 Å². The third kappa shape index (κ3) is 3.95. The van der Waals surface area contributed by atoms with E-state index in [0.29, 0.717) is 16.6 Å². The highest BCUT2D eigenvalue weighted by Gasteiger charge is 2.43. The molecule has 4 rings (SSSR count). The van der Waals surface area contributed by atoms with Gasteiger partial charge in [-0.25, -0.2) is 0 Å². The van der Waals surface area contributed by atoms with Crippen LogP contribution in [0.25, 0.3) is 0 Å². The van der Waals surface area contributed by atoms with Gasteiger partial charge in [0.15, 0.2) is 0 Å². The lowest BCUT2D eigenvalue weighted by atomic mass is 10.1. The van der Waals surface area contributed by atoms with E-state index in [-0.39, 0.29) is 30.2 Å². The zero-order chi connectivity index (χ0) is 16.7. The molecule has 2 unspecified atom stereocenters. The molecule has 0 bridgehead atoms. The van der Waals surface area contributed by atoms with Crippen molar-refractivity contribution in [1.82, 2.24) is 10.6 Å². The SMILES string of the molecule is Cl.O=C(NCc1ccc2c(c1)CNC2)C1CC1c1ccc(Cl)c(Cl)c1. The Labute approximate surface area is 163 Å². The lowest BCUT2D eigenvalue weighted by Gasteiger charge is -2.07. The number of carbonyl (C=O) groups excluding carboxylic acids is 1. The van der Waals surface area contributed by atoms with Gasteiger partial charge in [-0.15, -0.1) is 12.4 Å². The average molecular weight is 398 g/mol. The van der Waals surface area contributed by atoms with Crippen LogP contribution in [0.15, 0.2) is 36.4 Å². The Morgan fingerprint density at radius 2 is 1.88 bits per heavy atom. The summed E-state index contributed by atoms with van der Waals surface area (Å²) < 4.78 is 0. The van der Waals surface area contributed by atoms with Crippen molar-refractivity contribution >= 4 is 41.5 Å². The number of rotatable bonds is 4. The molecule has 0 saturated heterocycles. The lowest BCUT2D eigenvalue weighted by molar-refractivity contribution is -0.122. The van der Waals surface area contributed by atoms with Crippen LogP contribution in [0.4, 0.5) is 0 Å². The number of amides is 1. The van der Waals surface area contributed by atoms with E-state index in [1.54, 1.807) is 6.07 Å². The summed E-state index contributed by atoms with van der Waals surface area (Å²) in [7, 11) is 0. The van der Waals surface area contributed by atoms with Crippen molar-refractivity contribution in [2.24, 2.45) is 5.92 Å². The number of carbonyl (C=O) groups is 1. The highest BCUT2D eigenvalue weighted by molar-refractivity contribution is 6.42. The van der Waals surface area contributed by atoms with Crippen LogP contribution in [0.5, 0.6) is 0 Å². The number of halogens is 3. The second kappa shape index (κ2) is 7.55. The molecule has 2 N–H and O–H groups in total. The third-order valence-electron chi connectivity index (χ3n) is 4.87. The standard InChI is InChI=1S/C19H18Cl2N2O.ClH/c20-17-4-3-12(6-18(17)21)15-7-16(15)19(24)23-8-11-1-2-13-9-22-10-14(13)5-11;/h1-6,15-16,22H,7-10H2,(H,23,24);1H. The van der Waals surface area contributed by atoms with Crippen LogP contribution in [-0.2, 0) is 24.4 Å². The fourth-order valence-corrected chi connectivity index (χ4v) is 3.68. The minimum absolute atomic E-state index is 0. The maximum atomic E-state index is 12.4. The van der Waals surface area contributed by atoms with E-state index >= 15 is 0 Å². The van der Waals surface area contributed by atoms with Crippen molar-refractivity contribution in [1.29, 1.82) is 0 Å². The first-order valence-electron chi connectivity index (χ1n) is 8.16. The van der Waals surface area contributed by atoms with Crippen molar-refractivity contribution in [3.63, 3.8) is 0 Å². The molecular formula is C19H19Cl3N2O. The molecule has 3 nitrogen and oxygen atoms in total. The van der Waals surface area contributed by atoms with Crippen LogP contribution in [0.3, 0.4) is 0 Å². The number of hydrogen-bond donors (Lipinski definition) is 2. The molecule has 2 aromatic rings. The molecule has 132 valence electrons. The van der Waals surface area contributed by atoms with Gasteiger partial charge in [-0.1, -0.05) is 47.5 Å². The Bertz CT molecular complexity index is 809. The molecule has 1 saturated carbocycles. The van der Waals surface area contributed by atoms with Crippen LogP contribution >= 0.6 is 35.6 Å². The number of nitrogens with one attached hydrogen (secondary N) is 2. The number of hydrogen-bond acceptors (Lipinski definition) is 2. The van der Waals surface area contributed by atoms with Gasteiger partial charge in [-0.3, -0.25) is 4.79 Å². The van der Waals surface area contributed by atoms with Gasteiger partial charge in [0.25, 0.3) is 0 Å². The number of fused-ring (bicyclic) bond motifs is 1. The van der Waals surface area contributed by atoms with Gasteiger partial charge < -0.3 is 10.6 Å². The van der Waals surface area contributed by atoms with E-state index in [1.165, 1.54) is 11.1 Å². The molecule has 0 radical (unpaired) electrons. The largest absolute Gasteiger partial charge is 0.352 e. The van der Waals surface area contributed by atoms with Crippen molar-refractivity contribution < 1.29 is 4.79 Å². The molecule has 1 aliphatic heterocycles. The van der Waals surface area contributed by atoms with Crippen LogP contribution in [0, 0.1) is 5.92 Å². The number of benzene rings is 2. The van der Waals surface area contributed by atoms with E-state index in [9.17, 15) is 4.79 Å². The molecule has 2 aliphatic rings. The summed E-state index contributed by atoms with van der Waals surface area (Å²) in [6, 6.07) is 12.0. The van der Waals surface area contributed by atoms with Crippen molar-refractivity contribution in [3.8, 4) is 0 Å². The topological polar surface area (TPSA) is 41.1 Å². The Balaban J connectivity index is 0.00000182. The van der Waals surface area contributed by atoms with E-state index in [0.717, 1.165) is 30.6 Å². The first kappa shape index (κ1) is 18.5. The van der Waals surface area contributed by atoms with E-state index in [1.807, 2.05) is 12.1 Å². The Kier molecular flexibility index (Phi) is 5.59. The van der Waals surface area contributed by atoms with Crippen LogP contribution < -0.4 is 10.6 Å². The van der Waals surface area contributed by atoms with E-state index < -0.39 is 0 Å². The molecule has 25 heavy (non-hydrogen) atoms. The van der Waals surface area contributed by atoms with Gasteiger partial charge in [-0.05, 0) is 46.7 Å². The normalized spacial score (nSPS) is 20.6. The highest BCUT2D eigenvalue weighted by Crippen LogP contribution is 2.48. The minimum atomic E-state index is 0. The molecule has 1 aliphatic carbocycles. The molecule has 2 atom stereocenters. The highest BCUT2D eigenvalue weighted by atomic mass is 35.5. The van der Waals surface area contributed by atoms with Gasteiger partial charge in [0.1, 0.15) is 0 Å². The summed E-state index contributed by atoms with van der Waals surface area (Å²) >= 11 is 12.0. The maximum Gasteiger partial charge on any atom is 0.224 e. The monoisotopic (exact) mass is 396 g/mol. The van der Waals surface area contributed by atoms with Crippen molar-refractivity contribution in [3.05, 3.63) is 68.7 Å². The van der Waals surface area contributed by atoms with Crippen molar-refractivity contribution in [2.45, 2.75) is 32.0 Å². The molecule has 6 heteroatoms. The lowest BCUT2D eigenvalue weighted by Crippen LogP contribution is -2.24. The Morgan fingerprint density at radius 3 is 2.68 bits per heavy atom. The quantitative estimate of drug-likeness (QED) is 0.801. The summed E-state index contributed by atoms with van der Waals surface area (Å²) in [5.74, 6) is 0.409. The average Bonchev–Trinajstić information content (AvgIpc) is 3.25. The van der Waals surface area contributed by atoms with Gasteiger partial charge >= 0.3 is 0 Å². The third-order valence-corrected chi connectivity index (χ3v) is 5.61. The fourth-order valence-electron chi connectivity index (χ4n) is 3.37. The zero-order valence-electron chi connectivity index (χ0n) is 13.5. The maximum absolute atomic E-state index is 12.4. The second-order valence-corrected chi connectivity index (χ2v) is 7.36. The Morgan fingerprint density at radius 1 is 1.08 bits per heavy atom. The van der Waals surface area contributed by atoms with E-state index in [2.05, 4.69) is 28.8 Å². The molecule has 0 aromatic heterocycles.